The Hall–Kier alpha value is -2.56. The SMILES string of the molecule is Nc1ccn([C@@H]2O[C@H](CNCCOc3ccccc3)[C@@H](O)C2(F)F)c(=O)n1. The number of ether oxygens (including phenoxy) is 2. The van der Waals surface area contributed by atoms with Crippen molar-refractivity contribution in [1.29, 1.82) is 0 Å². The van der Waals surface area contributed by atoms with E-state index in [0.717, 1.165) is 6.20 Å². The molecule has 146 valence electrons. The number of hydrogen-bond donors (Lipinski definition) is 3. The van der Waals surface area contributed by atoms with Gasteiger partial charge in [-0.3, -0.25) is 4.57 Å². The van der Waals surface area contributed by atoms with Crippen molar-refractivity contribution in [3.05, 3.63) is 53.1 Å². The maximum atomic E-state index is 14.4. The summed E-state index contributed by atoms with van der Waals surface area (Å²) in [7, 11) is 0. The van der Waals surface area contributed by atoms with Gasteiger partial charge in [0.1, 0.15) is 30.4 Å². The Morgan fingerprint density at radius 1 is 1.33 bits per heavy atom. The van der Waals surface area contributed by atoms with E-state index < -0.39 is 30.0 Å². The molecule has 0 unspecified atom stereocenters. The third-order valence-corrected chi connectivity index (χ3v) is 4.12. The van der Waals surface area contributed by atoms with Crippen molar-refractivity contribution in [2.75, 3.05) is 25.4 Å². The summed E-state index contributed by atoms with van der Waals surface area (Å²) >= 11 is 0. The number of alkyl halides is 2. The molecule has 2 heterocycles. The van der Waals surface area contributed by atoms with Crippen LogP contribution in [0, 0.1) is 0 Å². The van der Waals surface area contributed by atoms with Crippen LogP contribution in [0.5, 0.6) is 5.75 Å². The van der Waals surface area contributed by atoms with E-state index in [4.69, 9.17) is 15.2 Å². The largest absolute Gasteiger partial charge is 0.492 e. The van der Waals surface area contributed by atoms with Gasteiger partial charge in [0.15, 0.2) is 0 Å². The molecule has 27 heavy (non-hydrogen) atoms. The van der Waals surface area contributed by atoms with Gasteiger partial charge in [0.25, 0.3) is 0 Å². The molecule has 3 atom stereocenters. The third-order valence-electron chi connectivity index (χ3n) is 4.12. The summed E-state index contributed by atoms with van der Waals surface area (Å²) in [5.41, 5.74) is 4.39. The number of rotatable bonds is 7. The minimum Gasteiger partial charge on any atom is -0.492 e. The molecule has 0 radical (unpaired) electrons. The molecular weight excluding hydrogens is 362 g/mol. The normalized spacial score (nSPS) is 24.0. The molecule has 1 aliphatic heterocycles. The van der Waals surface area contributed by atoms with Crippen LogP contribution in [0.3, 0.4) is 0 Å². The smallest absolute Gasteiger partial charge is 0.351 e. The predicted octanol–water partition coefficient (Wildman–Crippen LogP) is 0.388. The first-order valence-electron chi connectivity index (χ1n) is 8.34. The number of halogens is 2. The highest BCUT2D eigenvalue weighted by Gasteiger charge is 2.59. The predicted molar refractivity (Wildman–Crippen MR) is 92.6 cm³/mol. The molecule has 0 aliphatic carbocycles. The van der Waals surface area contributed by atoms with Crippen molar-refractivity contribution in [3.63, 3.8) is 0 Å². The van der Waals surface area contributed by atoms with E-state index in [9.17, 15) is 18.7 Å². The number of nitrogen functional groups attached to an aromatic ring is 1. The van der Waals surface area contributed by atoms with Crippen LogP contribution in [0.15, 0.2) is 47.4 Å². The monoisotopic (exact) mass is 382 g/mol. The Morgan fingerprint density at radius 2 is 2.07 bits per heavy atom. The molecule has 1 aromatic carbocycles. The maximum Gasteiger partial charge on any atom is 0.351 e. The van der Waals surface area contributed by atoms with Gasteiger partial charge in [0.05, 0.1) is 0 Å². The summed E-state index contributed by atoms with van der Waals surface area (Å²) in [5.74, 6) is -3.05. The molecule has 1 aliphatic rings. The molecular formula is C17H20F2N4O4. The Kier molecular flexibility index (Phi) is 5.68. The zero-order chi connectivity index (χ0) is 19.4. The summed E-state index contributed by atoms with van der Waals surface area (Å²) in [6.45, 7) is 0.637. The quantitative estimate of drug-likeness (QED) is 0.594. The van der Waals surface area contributed by atoms with E-state index in [-0.39, 0.29) is 12.4 Å². The number of nitrogens with zero attached hydrogens (tertiary/aromatic N) is 2. The fourth-order valence-corrected chi connectivity index (χ4v) is 2.74. The molecule has 4 N–H and O–H groups in total. The summed E-state index contributed by atoms with van der Waals surface area (Å²) in [6, 6.07) is 10.3. The van der Waals surface area contributed by atoms with E-state index >= 15 is 0 Å². The van der Waals surface area contributed by atoms with Crippen LogP contribution in [0.1, 0.15) is 6.23 Å². The van der Waals surface area contributed by atoms with Crippen molar-refractivity contribution in [3.8, 4) is 5.75 Å². The fourth-order valence-electron chi connectivity index (χ4n) is 2.74. The first kappa shape index (κ1) is 19.2. The molecule has 3 rings (SSSR count). The van der Waals surface area contributed by atoms with E-state index in [1.807, 2.05) is 18.2 Å². The summed E-state index contributed by atoms with van der Waals surface area (Å²) in [6.07, 6.45) is -4.17. The lowest BCUT2D eigenvalue weighted by Crippen LogP contribution is -2.43. The molecule has 0 bridgehead atoms. The Morgan fingerprint density at radius 3 is 2.78 bits per heavy atom. The zero-order valence-electron chi connectivity index (χ0n) is 14.3. The van der Waals surface area contributed by atoms with Gasteiger partial charge in [0.2, 0.25) is 6.23 Å². The average molecular weight is 382 g/mol. The van der Waals surface area contributed by atoms with Gasteiger partial charge >= 0.3 is 11.6 Å². The highest BCUT2D eigenvalue weighted by atomic mass is 19.3. The first-order valence-corrected chi connectivity index (χ1v) is 8.34. The second-order valence-corrected chi connectivity index (χ2v) is 6.05. The van der Waals surface area contributed by atoms with Crippen molar-refractivity contribution in [2.24, 2.45) is 0 Å². The maximum absolute atomic E-state index is 14.4. The van der Waals surface area contributed by atoms with Gasteiger partial charge < -0.3 is 25.6 Å². The van der Waals surface area contributed by atoms with Crippen molar-refractivity contribution < 1.29 is 23.4 Å². The van der Waals surface area contributed by atoms with Gasteiger partial charge in [-0.05, 0) is 18.2 Å². The molecule has 10 heteroatoms. The molecule has 0 amide bonds. The second kappa shape index (κ2) is 7.99. The average Bonchev–Trinajstić information content (AvgIpc) is 2.86. The van der Waals surface area contributed by atoms with E-state index in [1.165, 1.54) is 6.07 Å². The Bertz CT molecular complexity index is 818. The number of aromatic nitrogens is 2. The number of nitrogens with one attached hydrogen (secondary N) is 1. The lowest BCUT2D eigenvalue weighted by Gasteiger charge is -2.20. The molecule has 1 fully saturated rings. The van der Waals surface area contributed by atoms with Crippen LogP contribution >= 0.6 is 0 Å². The Balaban J connectivity index is 1.55. The van der Waals surface area contributed by atoms with Crippen molar-refractivity contribution >= 4 is 5.82 Å². The topological polar surface area (TPSA) is 112 Å². The number of anilines is 1. The fraction of sp³-hybridized carbons (Fsp3) is 0.412. The first-order chi connectivity index (χ1) is 12.9. The van der Waals surface area contributed by atoms with Gasteiger partial charge in [-0.1, -0.05) is 18.2 Å². The minimum atomic E-state index is -3.66. The van der Waals surface area contributed by atoms with Crippen LogP contribution in [-0.4, -0.2) is 52.5 Å². The second-order valence-electron chi connectivity index (χ2n) is 6.05. The van der Waals surface area contributed by atoms with Crippen molar-refractivity contribution in [2.45, 2.75) is 24.4 Å². The lowest BCUT2D eigenvalue weighted by molar-refractivity contribution is -0.140. The lowest BCUT2D eigenvalue weighted by atomic mass is 10.1. The standard InChI is InChI=1S/C17H20F2N4O4/c18-17(19)14(24)12(10-21-7-9-26-11-4-2-1-3-5-11)27-15(17)23-8-6-13(20)22-16(23)25/h1-6,8,12,14-15,21,24H,7,9-10H2,(H2,20,22,25)/t12-,14-,15-/m1/s1. The molecule has 0 spiro atoms. The van der Waals surface area contributed by atoms with Crippen LogP contribution in [0.25, 0.3) is 0 Å². The van der Waals surface area contributed by atoms with Crippen LogP contribution in [0.4, 0.5) is 14.6 Å². The highest BCUT2D eigenvalue weighted by Crippen LogP contribution is 2.41. The van der Waals surface area contributed by atoms with Crippen LogP contribution in [-0.2, 0) is 4.74 Å². The molecule has 0 saturated carbocycles. The number of para-hydroxylation sites is 1. The molecule has 1 saturated heterocycles. The number of benzene rings is 1. The van der Waals surface area contributed by atoms with Gasteiger partial charge in [-0.2, -0.15) is 13.8 Å². The molecule has 2 aromatic rings. The van der Waals surface area contributed by atoms with Gasteiger partial charge in [-0.25, -0.2) is 4.79 Å². The van der Waals surface area contributed by atoms with Crippen molar-refractivity contribution in [1.82, 2.24) is 14.9 Å². The van der Waals surface area contributed by atoms with E-state index in [2.05, 4.69) is 10.3 Å². The van der Waals surface area contributed by atoms with E-state index in [0.29, 0.717) is 23.5 Å². The van der Waals surface area contributed by atoms with Gasteiger partial charge in [0, 0.05) is 19.3 Å². The number of aliphatic hydroxyl groups excluding tert-OH is 1. The van der Waals surface area contributed by atoms with Crippen LogP contribution in [0.2, 0.25) is 0 Å². The summed E-state index contributed by atoms with van der Waals surface area (Å²) < 4.78 is 40.1. The highest BCUT2D eigenvalue weighted by molar-refractivity contribution is 5.24. The van der Waals surface area contributed by atoms with Gasteiger partial charge in [-0.15, -0.1) is 0 Å². The molecule has 1 aromatic heterocycles. The third kappa shape index (κ3) is 4.24. The Labute approximate surface area is 153 Å². The minimum absolute atomic E-state index is 0.0391. The number of hydrogen-bond acceptors (Lipinski definition) is 7. The van der Waals surface area contributed by atoms with Crippen LogP contribution < -0.4 is 21.5 Å². The number of nitrogens with two attached hydrogens (primary N) is 1. The zero-order valence-corrected chi connectivity index (χ0v) is 14.3. The number of aliphatic hydroxyl groups is 1. The summed E-state index contributed by atoms with van der Waals surface area (Å²) in [5, 5.41) is 12.8. The summed E-state index contributed by atoms with van der Waals surface area (Å²) in [4.78, 5) is 15.2. The molecule has 8 nitrogen and oxygen atoms in total. The van der Waals surface area contributed by atoms with E-state index in [1.54, 1.807) is 12.1 Å².